The minimum Gasteiger partial charge on any atom is -0.349 e. The Balaban J connectivity index is 1.70. The van der Waals surface area contributed by atoms with Crippen molar-refractivity contribution in [2.45, 2.75) is 0 Å². The van der Waals surface area contributed by atoms with Crippen LogP contribution in [0.2, 0.25) is 0 Å². The highest BCUT2D eigenvalue weighted by Gasteiger charge is 2.30. The molecule has 2 aliphatic rings. The lowest BCUT2D eigenvalue weighted by Gasteiger charge is -2.09. The molecule has 2 aliphatic heterocycles. The number of hydrogen-bond donors (Lipinski definition) is 2. The summed E-state index contributed by atoms with van der Waals surface area (Å²) < 4.78 is 73.5. The van der Waals surface area contributed by atoms with E-state index in [1.165, 1.54) is 36.4 Å². The van der Waals surface area contributed by atoms with Gasteiger partial charge in [0.2, 0.25) is 5.82 Å². The molecular weight excluding hydrogens is 655 g/mol. The summed E-state index contributed by atoms with van der Waals surface area (Å²) >= 11 is 0. The largest absolute Gasteiger partial charge is 0.349 e. The van der Waals surface area contributed by atoms with Crippen molar-refractivity contribution in [2.24, 2.45) is 0 Å². The molecule has 2 aromatic carbocycles. The molecule has 0 saturated carbocycles. The Hall–Kier alpha value is -6.84. The third-order valence-electron chi connectivity index (χ3n) is 7.86. The highest BCUT2D eigenvalue weighted by atomic mass is 19.2. The molecule has 242 valence electrons. The molecule has 3 aromatic heterocycles. The maximum Gasteiger partial charge on any atom is 0.318 e. The predicted octanol–water partition coefficient (Wildman–Crippen LogP) is 8.31. The van der Waals surface area contributed by atoms with Crippen LogP contribution in [0.4, 0.5) is 33.3 Å². The minimum absolute atomic E-state index is 0.0944. The van der Waals surface area contributed by atoms with Crippen LogP contribution in [-0.4, -0.2) is 36.1 Å². The van der Waals surface area contributed by atoms with Crippen LogP contribution in [0.3, 0.4) is 0 Å². The van der Waals surface area contributed by atoms with Gasteiger partial charge in [-0.25, -0.2) is 31.9 Å². The van der Waals surface area contributed by atoms with E-state index in [0.717, 1.165) is 24.3 Å². The van der Waals surface area contributed by atoms with Crippen molar-refractivity contribution in [3.8, 4) is 22.3 Å². The molecule has 16 heteroatoms. The Morgan fingerprint density at radius 1 is 0.531 bits per heavy atom. The first-order valence-corrected chi connectivity index (χ1v) is 14.0. The molecule has 0 amide bonds. The molecule has 0 radical (unpaired) electrons. The van der Waals surface area contributed by atoms with E-state index >= 15 is 8.78 Å². The van der Waals surface area contributed by atoms with Crippen LogP contribution in [0.15, 0.2) is 48.5 Å². The number of nitrogens with zero attached hydrogens (tertiary/aromatic N) is 4. The summed E-state index contributed by atoms with van der Waals surface area (Å²) in [5.41, 5.74) is -3.40. The second-order valence-electron chi connectivity index (χ2n) is 10.6. The molecule has 7 rings (SSSR count). The molecule has 0 fully saturated rings. The van der Waals surface area contributed by atoms with Gasteiger partial charge in [0.05, 0.1) is 26.8 Å². The fraction of sp³-hybridized carbons (Fsp3) is 0. The Morgan fingerprint density at radius 3 is 1.41 bits per heavy atom. The zero-order chi connectivity index (χ0) is 34.7. The van der Waals surface area contributed by atoms with E-state index in [1.54, 1.807) is 12.1 Å². The van der Waals surface area contributed by atoms with Crippen LogP contribution in [0, 0.1) is 49.3 Å². The number of aromatic amines is 2. The van der Waals surface area contributed by atoms with Gasteiger partial charge < -0.3 is 9.97 Å². The van der Waals surface area contributed by atoms with Crippen LogP contribution in [0.25, 0.3) is 68.6 Å². The van der Waals surface area contributed by atoms with Gasteiger partial charge >= 0.3 is 11.4 Å². The van der Waals surface area contributed by atoms with Gasteiger partial charge in [0.1, 0.15) is 28.7 Å². The number of H-pyrrole nitrogens is 2. The molecule has 0 atom stereocenters. The number of nitrogens with one attached hydrogen (secondary N) is 2. The summed E-state index contributed by atoms with van der Waals surface area (Å²) in [6, 6.07) is 11.3. The summed E-state index contributed by atoms with van der Waals surface area (Å²) in [5.74, 6) is -11.4. The topological polar surface area (TPSA) is 161 Å². The van der Waals surface area contributed by atoms with Crippen molar-refractivity contribution in [3.63, 3.8) is 0 Å². The van der Waals surface area contributed by atoms with Crippen molar-refractivity contribution in [2.75, 3.05) is 0 Å². The van der Waals surface area contributed by atoms with E-state index in [1.807, 2.05) is 0 Å². The lowest BCUT2D eigenvalue weighted by Crippen LogP contribution is -2.05. The Bertz CT molecular complexity index is 2500. The van der Waals surface area contributed by atoms with Crippen molar-refractivity contribution in [1.82, 2.24) is 19.9 Å². The van der Waals surface area contributed by atoms with E-state index in [0.29, 0.717) is 23.0 Å². The van der Waals surface area contributed by atoms with Gasteiger partial charge in [-0.05, 0) is 54.1 Å². The van der Waals surface area contributed by atoms with Gasteiger partial charge in [-0.15, -0.1) is 0 Å². The van der Waals surface area contributed by atoms with Crippen molar-refractivity contribution in [3.05, 3.63) is 126 Å². The highest BCUT2D eigenvalue weighted by Crippen LogP contribution is 2.39. The van der Waals surface area contributed by atoms with Crippen LogP contribution in [-0.2, 0) is 0 Å². The second kappa shape index (κ2) is 11.4. The van der Waals surface area contributed by atoms with Gasteiger partial charge in [0.15, 0.2) is 23.3 Å². The zero-order valence-electron chi connectivity index (χ0n) is 24.2. The number of carbonyl (C=O) groups is 1. The first-order valence-electron chi connectivity index (χ1n) is 14.0. The van der Waals surface area contributed by atoms with Gasteiger partial charge in [-0.2, -0.15) is 0 Å². The van der Waals surface area contributed by atoms with E-state index in [2.05, 4.69) is 19.9 Å². The molecule has 49 heavy (non-hydrogen) atoms. The van der Waals surface area contributed by atoms with Crippen molar-refractivity contribution >= 4 is 64.0 Å². The summed E-state index contributed by atoms with van der Waals surface area (Å²) in [6.45, 7) is 0. The molecule has 2 N–H and O–H groups in total. The molecular formula is C33H15F5N6O5. The van der Waals surface area contributed by atoms with Crippen LogP contribution < -0.4 is 0 Å². The van der Waals surface area contributed by atoms with Crippen molar-refractivity contribution < 1.29 is 36.6 Å². The molecule has 5 heterocycles. The summed E-state index contributed by atoms with van der Waals surface area (Å²) in [4.78, 5) is 48.8. The molecule has 0 spiro atoms. The van der Waals surface area contributed by atoms with Gasteiger partial charge in [-0.1, -0.05) is 24.3 Å². The van der Waals surface area contributed by atoms with Gasteiger partial charge in [-0.3, -0.25) is 25.0 Å². The Kier molecular flexibility index (Phi) is 7.19. The lowest BCUT2D eigenvalue weighted by atomic mass is 10.0. The predicted molar refractivity (Wildman–Crippen MR) is 168 cm³/mol. The maximum absolute atomic E-state index is 15.3. The number of rotatable bonds is 5. The van der Waals surface area contributed by atoms with Crippen molar-refractivity contribution in [1.29, 1.82) is 0 Å². The standard InChI is InChI=1S/C33H15F5N6O5/c34-27-26(28(35)30(37)31(38)29(27)36)25-18-7-11-22(41-18)32(43(46)47)20-9-5-16(39-20)24(15-3-1-14(13-45)2-4-15)17-6-10-21(40-17)33(44(48)49)23-12-8-19(25)42-23/h1-13,39,42H. The molecule has 8 bridgehead atoms. The fourth-order valence-corrected chi connectivity index (χ4v) is 5.68. The molecule has 0 unspecified atom stereocenters. The van der Waals surface area contributed by atoms with E-state index in [9.17, 15) is 38.2 Å². The number of hydrogen-bond acceptors (Lipinski definition) is 7. The molecule has 0 aliphatic carbocycles. The molecule has 11 nitrogen and oxygen atoms in total. The quantitative estimate of drug-likeness (QED) is 0.0465. The SMILES string of the molecule is O=Cc1ccc(-c2c3nc(c([N+](=O)[O-])c4ccc([nH]4)c(-c4c(F)c(F)c(F)c(F)c4F)c4nc(c([N+](=O)[O-])c5ccc2[nH]5)C=C4)C=C3)cc1. The molecule has 0 saturated heterocycles. The number of aldehydes is 1. The lowest BCUT2D eigenvalue weighted by molar-refractivity contribution is -0.383. The second-order valence-corrected chi connectivity index (χ2v) is 10.6. The summed E-state index contributed by atoms with van der Waals surface area (Å²) in [5, 5.41) is 24.9. The van der Waals surface area contributed by atoms with Gasteiger partial charge in [0, 0.05) is 27.7 Å². The minimum atomic E-state index is -2.42. The third-order valence-corrected chi connectivity index (χ3v) is 7.86. The Morgan fingerprint density at radius 2 is 0.939 bits per heavy atom. The van der Waals surface area contributed by atoms with Crippen LogP contribution in [0.5, 0.6) is 0 Å². The summed E-state index contributed by atoms with van der Waals surface area (Å²) in [6.07, 6.45) is 5.60. The number of fused-ring (bicyclic) bond motifs is 8. The number of nitro groups is 2. The van der Waals surface area contributed by atoms with E-state index in [-0.39, 0.29) is 39.1 Å². The zero-order valence-corrected chi connectivity index (χ0v) is 24.2. The average molecular weight is 671 g/mol. The normalized spacial score (nSPS) is 12.0. The highest BCUT2D eigenvalue weighted by molar-refractivity contribution is 5.96. The average Bonchev–Trinajstić information content (AvgIpc) is 3.91. The number of aromatic nitrogens is 4. The number of carbonyl (C=O) groups excluding carboxylic acids is 1. The number of benzene rings is 2. The first-order chi connectivity index (χ1) is 23.5. The monoisotopic (exact) mass is 670 g/mol. The van der Waals surface area contributed by atoms with Gasteiger partial charge in [0.25, 0.3) is 0 Å². The van der Waals surface area contributed by atoms with Crippen LogP contribution in [0.1, 0.15) is 33.1 Å². The number of halogens is 5. The van der Waals surface area contributed by atoms with Crippen LogP contribution >= 0.6 is 0 Å². The van der Waals surface area contributed by atoms with E-state index in [4.69, 9.17) is 0 Å². The maximum atomic E-state index is 15.3. The summed E-state index contributed by atoms with van der Waals surface area (Å²) in [7, 11) is 0. The van der Waals surface area contributed by atoms with E-state index < -0.39 is 67.1 Å². The third kappa shape index (κ3) is 4.93. The first kappa shape index (κ1) is 30.8. The molecule has 5 aromatic rings. The fourth-order valence-electron chi connectivity index (χ4n) is 5.68. The smallest absolute Gasteiger partial charge is 0.318 e. The Labute approximate surface area is 269 Å².